The van der Waals surface area contributed by atoms with Crippen LogP contribution >= 0.6 is 26.6 Å². The summed E-state index contributed by atoms with van der Waals surface area (Å²) in [7, 11) is 0.676. The second-order valence-electron chi connectivity index (χ2n) is 2.86. The normalized spacial score (nSPS) is 10.9. The van der Waals surface area contributed by atoms with Crippen LogP contribution in [0, 0.1) is 6.92 Å². The van der Waals surface area contributed by atoms with Crippen molar-refractivity contribution in [2.24, 2.45) is 0 Å². The number of nitrogens with one attached hydrogen (secondary N) is 1. The van der Waals surface area contributed by atoms with E-state index in [1.807, 2.05) is 6.92 Å². The zero-order chi connectivity index (χ0) is 12.3. The standard InChI is InChI=1S/C8H7BrClNO4S/c1-5-2-3-7(6(9)4-5)15-8(12)11-16(10,13)14/h2-4H,1H3,(H,11,12). The lowest BCUT2D eigenvalue weighted by molar-refractivity contribution is 0.206. The topological polar surface area (TPSA) is 72.5 Å². The van der Waals surface area contributed by atoms with Crippen molar-refractivity contribution < 1.29 is 17.9 Å². The molecule has 0 saturated heterocycles. The molecular formula is C8H7BrClNO4S. The van der Waals surface area contributed by atoms with Gasteiger partial charge in [0.05, 0.1) is 4.47 Å². The third-order valence-corrected chi connectivity index (χ3v) is 2.76. The van der Waals surface area contributed by atoms with Crippen LogP contribution in [0.5, 0.6) is 5.75 Å². The first-order valence-corrected chi connectivity index (χ1v) is 7.08. The predicted octanol–water partition coefficient (Wildman–Crippen LogP) is 2.33. The summed E-state index contributed by atoms with van der Waals surface area (Å²) >= 11 is 3.17. The monoisotopic (exact) mass is 327 g/mol. The van der Waals surface area contributed by atoms with Crippen molar-refractivity contribution in [3.63, 3.8) is 0 Å². The van der Waals surface area contributed by atoms with E-state index in [4.69, 9.17) is 15.4 Å². The van der Waals surface area contributed by atoms with Gasteiger partial charge in [-0.3, -0.25) is 0 Å². The van der Waals surface area contributed by atoms with E-state index >= 15 is 0 Å². The number of hydrogen-bond acceptors (Lipinski definition) is 4. The van der Waals surface area contributed by atoms with Gasteiger partial charge < -0.3 is 4.74 Å². The van der Waals surface area contributed by atoms with Gasteiger partial charge in [-0.2, -0.15) is 8.42 Å². The van der Waals surface area contributed by atoms with Gasteiger partial charge in [-0.15, -0.1) is 0 Å². The number of benzene rings is 1. The van der Waals surface area contributed by atoms with E-state index in [2.05, 4.69) is 15.9 Å². The Balaban J connectivity index is 2.78. The molecule has 0 aromatic heterocycles. The Labute approximate surface area is 105 Å². The molecule has 0 bridgehead atoms. The third kappa shape index (κ3) is 4.38. The summed E-state index contributed by atoms with van der Waals surface area (Å²) in [5.41, 5.74) is 0.963. The van der Waals surface area contributed by atoms with Crippen LogP contribution < -0.4 is 9.46 Å². The summed E-state index contributed by atoms with van der Waals surface area (Å²) in [6.07, 6.45) is -1.17. The van der Waals surface area contributed by atoms with Crippen LogP contribution in [0.1, 0.15) is 5.56 Å². The quantitative estimate of drug-likeness (QED) is 0.846. The first-order valence-electron chi connectivity index (χ1n) is 3.98. The largest absolute Gasteiger partial charge is 0.427 e. The highest BCUT2D eigenvalue weighted by Gasteiger charge is 2.13. The van der Waals surface area contributed by atoms with Crippen LogP contribution in [-0.2, 0) is 9.24 Å². The summed E-state index contributed by atoms with van der Waals surface area (Å²) in [5.74, 6) is 0.198. The van der Waals surface area contributed by atoms with Crippen molar-refractivity contribution in [1.82, 2.24) is 4.72 Å². The zero-order valence-electron chi connectivity index (χ0n) is 8.03. The van der Waals surface area contributed by atoms with Gasteiger partial charge in [0.25, 0.3) is 0 Å². The molecule has 16 heavy (non-hydrogen) atoms. The second-order valence-corrected chi connectivity index (χ2v) is 6.02. The van der Waals surface area contributed by atoms with Crippen LogP contribution in [0.25, 0.3) is 0 Å². The number of carbonyl (C=O) groups is 1. The Morgan fingerprint density at radius 3 is 2.62 bits per heavy atom. The summed E-state index contributed by atoms with van der Waals surface area (Å²) < 4.78 is 27.7. The van der Waals surface area contributed by atoms with Crippen molar-refractivity contribution in [2.75, 3.05) is 0 Å². The van der Waals surface area contributed by atoms with E-state index in [0.717, 1.165) is 5.56 Å². The van der Waals surface area contributed by atoms with Crippen LogP contribution in [0.2, 0.25) is 0 Å². The van der Waals surface area contributed by atoms with Crippen LogP contribution in [0.4, 0.5) is 4.79 Å². The maximum absolute atomic E-state index is 11.0. The minimum Gasteiger partial charge on any atom is -0.408 e. The van der Waals surface area contributed by atoms with Gasteiger partial charge in [0.15, 0.2) is 0 Å². The van der Waals surface area contributed by atoms with E-state index in [9.17, 15) is 13.2 Å². The molecule has 8 heteroatoms. The maximum Gasteiger partial charge on any atom is 0.427 e. The molecule has 1 N–H and O–H groups in total. The third-order valence-electron chi connectivity index (χ3n) is 1.50. The SMILES string of the molecule is Cc1ccc(OC(=O)NS(=O)(=O)Cl)c(Br)c1. The van der Waals surface area contributed by atoms with Crippen LogP contribution in [0.3, 0.4) is 0 Å². The van der Waals surface area contributed by atoms with Gasteiger partial charge in [-0.25, -0.2) is 9.52 Å². The van der Waals surface area contributed by atoms with Crippen LogP contribution in [0.15, 0.2) is 22.7 Å². The predicted molar refractivity (Wildman–Crippen MR) is 62.8 cm³/mol. The molecule has 5 nitrogen and oxygen atoms in total. The highest BCUT2D eigenvalue weighted by molar-refractivity contribution is 9.10. The Bertz CT molecular complexity index is 517. The zero-order valence-corrected chi connectivity index (χ0v) is 11.2. The lowest BCUT2D eigenvalue weighted by Crippen LogP contribution is -2.29. The van der Waals surface area contributed by atoms with Gasteiger partial charge >= 0.3 is 15.3 Å². The molecule has 1 rings (SSSR count). The molecule has 0 aliphatic heterocycles. The molecule has 0 heterocycles. The van der Waals surface area contributed by atoms with Crippen molar-refractivity contribution in [3.05, 3.63) is 28.2 Å². The van der Waals surface area contributed by atoms with Gasteiger partial charge in [-0.1, -0.05) is 6.07 Å². The maximum atomic E-state index is 11.0. The number of hydrogen-bond donors (Lipinski definition) is 1. The number of amides is 1. The molecule has 1 aromatic carbocycles. The summed E-state index contributed by atoms with van der Waals surface area (Å²) in [6.45, 7) is 1.86. The Hall–Kier alpha value is -0.790. The lowest BCUT2D eigenvalue weighted by Gasteiger charge is -2.06. The molecule has 0 radical (unpaired) electrons. The molecule has 1 aromatic rings. The van der Waals surface area contributed by atoms with E-state index in [1.165, 1.54) is 10.8 Å². The smallest absolute Gasteiger partial charge is 0.408 e. The molecule has 0 fully saturated rings. The number of ether oxygens (including phenoxy) is 1. The molecular weight excluding hydrogens is 322 g/mol. The fraction of sp³-hybridized carbons (Fsp3) is 0.125. The minimum absolute atomic E-state index is 0.198. The average Bonchev–Trinajstić information content (AvgIpc) is 2.06. The van der Waals surface area contributed by atoms with Gasteiger partial charge in [0.1, 0.15) is 5.75 Å². The summed E-state index contributed by atoms with van der Waals surface area (Å²) in [5, 5.41) is 0. The van der Waals surface area contributed by atoms with Gasteiger partial charge in [0.2, 0.25) is 0 Å². The molecule has 0 aliphatic carbocycles. The number of halogens is 2. The summed E-state index contributed by atoms with van der Waals surface area (Å²) in [6, 6.07) is 4.96. The molecule has 0 saturated carbocycles. The first-order chi connectivity index (χ1) is 7.28. The highest BCUT2D eigenvalue weighted by Crippen LogP contribution is 2.25. The highest BCUT2D eigenvalue weighted by atomic mass is 79.9. The average molecular weight is 329 g/mol. The van der Waals surface area contributed by atoms with Crippen molar-refractivity contribution >= 4 is 41.9 Å². The molecule has 0 aliphatic rings. The Morgan fingerprint density at radius 2 is 2.12 bits per heavy atom. The van der Waals surface area contributed by atoms with E-state index < -0.39 is 15.3 Å². The van der Waals surface area contributed by atoms with Crippen molar-refractivity contribution in [3.8, 4) is 5.75 Å². The Kier molecular flexibility index (Phi) is 4.17. The number of carbonyl (C=O) groups excluding carboxylic acids is 1. The van der Waals surface area contributed by atoms with Gasteiger partial charge in [0, 0.05) is 10.7 Å². The molecule has 0 atom stereocenters. The van der Waals surface area contributed by atoms with Gasteiger partial charge in [-0.05, 0) is 40.5 Å². The minimum atomic E-state index is -4.13. The van der Waals surface area contributed by atoms with E-state index in [-0.39, 0.29) is 5.75 Å². The lowest BCUT2D eigenvalue weighted by atomic mass is 10.2. The molecule has 1 amide bonds. The number of rotatable bonds is 2. The molecule has 0 unspecified atom stereocenters. The van der Waals surface area contributed by atoms with E-state index in [1.54, 1.807) is 12.1 Å². The molecule has 0 spiro atoms. The summed E-state index contributed by atoms with van der Waals surface area (Å²) in [4.78, 5) is 11.0. The Morgan fingerprint density at radius 1 is 1.50 bits per heavy atom. The number of aryl methyl sites for hydroxylation is 1. The fourth-order valence-electron chi connectivity index (χ4n) is 0.909. The second kappa shape index (κ2) is 5.03. The molecule has 88 valence electrons. The van der Waals surface area contributed by atoms with E-state index in [0.29, 0.717) is 4.47 Å². The first kappa shape index (κ1) is 13.3. The van der Waals surface area contributed by atoms with Crippen molar-refractivity contribution in [1.29, 1.82) is 0 Å². The van der Waals surface area contributed by atoms with Crippen molar-refractivity contribution in [2.45, 2.75) is 6.92 Å². The van der Waals surface area contributed by atoms with Crippen LogP contribution in [-0.4, -0.2) is 14.5 Å². The fourth-order valence-corrected chi connectivity index (χ4v) is 1.91.